The molecule has 0 aliphatic heterocycles. The zero-order valence-corrected chi connectivity index (χ0v) is 13.7. The normalized spacial score (nSPS) is 12.8. The van der Waals surface area contributed by atoms with Gasteiger partial charge in [-0.3, -0.25) is 5.84 Å². The number of furan rings is 1. The molecule has 0 amide bonds. The van der Waals surface area contributed by atoms with E-state index < -0.39 is 0 Å². The van der Waals surface area contributed by atoms with Crippen LogP contribution in [0.3, 0.4) is 0 Å². The molecule has 0 saturated carbocycles. The van der Waals surface area contributed by atoms with Gasteiger partial charge in [0.25, 0.3) is 0 Å². The van der Waals surface area contributed by atoms with Crippen molar-refractivity contribution < 1.29 is 4.42 Å². The van der Waals surface area contributed by atoms with Gasteiger partial charge in [-0.15, -0.1) is 0 Å². The summed E-state index contributed by atoms with van der Waals surface area (Å²) in [5, 5.41) is 1.73. The molecule has 1 heterocycles. The second-order valence-corrected chi connectivity index (χ2v) is 6.22. The van der Waals surface area contributed by atoms with Crippen molar-refractivity contribution in [1.82, 2.24) is 5.43 Å². The summed E-state index contributed by atoms with van der Waals surface area (Å²) >= 11 is 9.46. The highest BCUT2D eigenvalue weighted by molar-refractivity contribution is 9.10. The van der Waals surface area contributed by atoms with Crippen LogP contribution in [0.25, 0.3) is 11.0 Å². The Morgan fingerprint density at radius 1 is 1.19 bits per heavy atom. The predicted octanol–water partition coefficient (Wildman–Crippen LogP) is 4.71. The van der Waals surface area contributed by atoms with E-state index in [2.05, 4.69) is 34.3 Å². The minimum atomic E-state index is -0.230. The van der Waals surface area contributed by atoms with Crippen LogP contribution < -0.4 is 11.3 Å². The van der Waals surface area contributed by atoms with Crippen LogP contribution in [0.15, 0.2) is 51.4 Å². The lowest BCUT2D eigenvalue weighted by atomic mass is 10.0. The van der Waals surface area contributed by atoms with Crippen molar-refractivity contribution in [2.75, 3.05) is 0 Å². The monoisotopic (exact) mass is 364 g/mol. The van der Waals surface area contributed by atoms with Crippen LogP contribution in [0.2, 0.25) is 5.02 Å². The fourth-order valence-electron chi connectivity index (χ4n) is 2.36. The van der Waals surface area contributed by atoms with Gasteiger partial charge in [0.2, 0.25) is 0 Å². The number of benzene rings is 2. The maximum Gasteiger partial charge on any atom is 0.134 e. The molecule has 1 atom stereocenters. The van der Waals surface area contributed by atoms with Crippen LogP contribution >= 0.6 is 27.5 Å². The third kappa shape index (κ3) is 2.85. The Hall–Kier alpha value is -1.33. The number of halogens is 2. The second kappa shape index (κ2) is 5.81. The first-order valence-corrected chi connectivity index (χ1v) is 7.67. The smallest absolute Gasteiger partial charge is 0.134 e. The molecule has 0 saturated heterocycles. The van der Waals surface area contributed by atoms with Crippen molar-refractivity contribution in [1.29, 1.82) is 0 Å². The zero-order chi connectivity index (χ0) is 15.0. The van der Waals surface area contributed by atoms with Crippen LogP contribution in [-0.4, -0.2) is 0 Å². The molecule has 0 fully saturated rings. The zero-order valence-electron chi connectivity index (χ0n) is 11.4. The first kappa shape index (κ1) is 14.6. The lowest BCUT2D eigenvalue weighted by Gasteiger charge is -2.14. The molecule has 108 valence electrons. The summed E-state index contributed by atoms with van der Waals surface area (Å²) in [4.78, 5) is 0. The first-order valence-electron chi connectivity index (χ1n) is 6.49. The largest absolute Gasteiger partial charge is 0.459 e. The standard InChI is InChI=1S/C16H14BrClN2O/c1-9-2-5-14-11(6-9)8-15(21-14)16(20-19)10-3-4-13(18)12(17)7-10/h2-8,16,20H,19H2,1H3. The van der Waals surface area contributed by atoms with Crippen molar-refractivity contribution >= 4 is 38.5 Å². The number of rotatable bonds is 3. The quantitative estimate of drug-likeness (QED) is 0.522. The maximum atomic E-state index is 6.03. The summed E-state index contributed by atoms with van der Waals surface area (Å²) in [6, 6.07) is 13.6. The molecule has 0 radical (unpaired) electrons. The van der Waals surface area contributed by atoms with Gasteiger partial charge in [-0.25, -0.2) is 5.43 Å². The molecule has 0 aliphatic carbocycles. The van der Waals surface area contributed by atoms with Gasteiger partial charge in [0.15, 0.2) is 0 Å². The van der Waals surface area contributed by atoms with Crippen LogP contribution in [0.5, 0.6) is 0 Å². The summed E-state index contributed by atoms with van der Waals surface area (Å²) in [7, 11) is 0. The number of aryl methyl sites for hydroxylation is 1. The van der Waals surface area contributed by atoms with Crippen LogP contribution in [0.1, 0.15) is 22.9 Å². The summed E-state index contributed by atoms with van der Waals surface area (Å²) < 4.78 is 6.74. The number of fused-ring (bicyclic) bond motifs is 1. The average Bonchev–Trinajstić information content (AvgIpc) is 2.86. The van der Waals surface area contributed by atoms with Gasteiger partial charge in [-0.2, -0.15) is 0 Å². The SMILES string of the molecule is Cc1ccc2oc(C(NN)c3ccc(Cl)c(Br)c3)cc2c1. The number of hydrazine groups is 1. The lowest BCUT2D eigenvalue weighted by molar-refractivity contribution is 0.477. The Morgan fingerprint density at radius 2 is 2.00 bits per heavy atom. The topological polar surface area (TPSA) is 51.2 Å². The van der Waals surface area contributed by atoms with E-state index in [-0.39, 0.29) is 6.04 Å². The van der Waals surface area contributed by atoms with E-state index in [0.717, 1.165) is 26.8 Å². The highest BCUT2D eigenvalue weighted by atomic mass is 79.9. The summed E-state index contributed by atoms with van der Waals surface area (Å²) in [5.41, 5.74) is 5.82. The van der Waals surface area contributed by atoms with E-state index >= 15 is 0 Å². The Labute approximate surface area is 136 Å². The van der Waals surface area contributed by atoms with E-state index in [1.165, 1.54) is 5.56 Å². The second-order valence-electron chi connectivity index (χ2n) is 4.96. The first-order chi connectivity index (χ1) is 10.1. The summed E-state index contributed by atoms with van der Waals surface area (Å²) in [6.07, 6.45) is 0. The number of hydrogen-bond acceptors (Lipinski definition) is 3. The molecule has 3 rings (SSSR count). The van der Waals surface area contributed by atoms with Gasteiger partial charge in [0, 0.05) is 9.86 Å². The lowest BCUT2D eigenvalue weighted by Crippen LogP contribution is -2.28. The van der Waals surface area contributed by atoms with Crippen LogP contribution in [-0.2, 0) is 0 Å². The molecule has 3 nitrogen and oxygen atoms in total. The molecule has 0 spiro atoms. The summed E-state index contributed by atoms with van der Waals surface area (Å²) in [5.74, 6) is 6.49. The number of nitrogens with two attached hydrogens (primary N) is 1. The minimum Gasteiger partial charge on any atom is -0.459 e. The van der Waals surface area contributed by atoms with Gasteiger partial charge in [0.05, 0.1) is 5.02 Å². The van der Waals surface area contributed by atoms with Crippen LogP contribution in [0.4, 0.5) is 0 Å². The minimum absolute atomic E-state index is 0.230. The van der Waals surface area contributed by atoms with Crippen molar-refractivity contribution in [2.24, 2.45) is 5.84 Å². The Morgan fingerprint density at radius 3 is 2.71 bits per heavy atom. The van der Waals surface area contributed by atoms with E-state index in [1.54, 1.807) is 0 Å². The van der Waals surface area contributed by atoms with Gasteiger partial charge in [-0.1, -0.05) is 29.3 Å². The van der Waals surface area contributed by atoms with E-state index in [4.69, 9.17) is 21.9 Å². The number of hydrogen-bond donors (Lipinski definition) is 2. The van der Waals surface area contributed by atoms with Crippen molar-refractivity contribution in [2.45, 2.75) is 13.0 Å². The molecular formula is C16H14BrClN2O. The molecule has 5 heteroatoms. The maximum absolute atomic E-state index is 6.03. The molecule has 3 aromatic rings. The number of nitrogens with one attached hydrogen (secondary N) is 1. The highest BCUT2D eigenvalue weighted by Crippen LogP contribution is 2.31. The average molecular weight is 366 g/mol. The summed E-state index contributed by atoms with van der Waals surface area (Å²) in [6.45, 7) is 2.06. The Balaban J connectivity index is 2.06. The molecule has 0 bridgehead atoms. The van der Waals surface area contributed by atoms with E-state index in [0.29, 0.717) is 5.02 Å². The fourth-order valence-corrected chi connectivity index (χ4v) is 2.87. The van der Waals surface area contributed by atoms with Crippen molar-refractivity contribution in [3.63, 3.8) is 0 Å². The molecule has 1 aromatic heterocycles. The van der Waals surface area contributed by atoms with Crippen molar-refractivity contribution in [3.05, 3.63) is 68.8 Å². The molecule has 0 aliphatic rings. The van der Waals surface area contributed by atoms with E-state index in [9.17, 15) is 0 Å². The van der Waals surface area contributed by atoms with Crippen molar-refractivity contribution in [3.8, 4) is 0 Å². The van der Waals surface area contributed by atoms with Gasteiger partial charge in [0.1, 0.15) is 17.4 Å². The van der Waals surface area contributed by atoms with Crippen LogP contribution in [0, 0.1) is 6.92 Å². The third-order valence-corrected chi connectivity index (χ3v) is 4.63. The van der Waals surface area contributed by atoms with Gasteiger partial charge < -0.3 is 4.42 Å². The van der Waals surface area contributed by atoms with Gasteiger partial charge in [-0.05, 0) is 58.7 Å². The molecule has 3 N–H and O–H groups in total. The predicted molar refractivity (Wildman–Crippen MR) is 89.3 cm³/mol. The fraction of sp³-hybridized carbons (Fsp3) is 0.125. The Bertz CT molecular complexity index is 800. The molecule has 21 heavy (non-hydrogen) atoms. The van der Waals surface area contributed by atoms with E-state index in [1.807, 2.05) is 36.4 Å². The molecule has 1 unspecified atom stereocenters. The molecule has 2 aromatic carbocycles. The Kier molecular flexibility index (Phi) is 4.04. The third-order valence-electron chi connectivity index (χ3n) is 3.42. The van der Waals surface area contributed by atoms with Gasteiger partial charge >= 0.3 is 0 Å². The molecular weight excluding hydrogens is 352 g/mol. The highest BCUT2D eigenvalue weighted by Gasteiger charge is 2.18.